The Labute approximate surface area is 57.5 Å². The maximum absolute atomic E-state index is 3.82. The quantitative estimate of drug-likeness (QED) is 0.404. The first-order valence-electron chi connectivity index (χ1n) is 3.23. The van der Waals surface area contributed by atoms with E-state index in [-0.39, 0.29) is 0 Å². The van der Waals surface area contributed by atoms with E-state index in [2.05, 4.69) is 25.2 Å². The lowest BCUT2D eigenvalue weighted by Gasteiger charge is -2.05. The van der Waals surface area contributed by atoms with Crippen LogP contribution in [0.4, 0.5) is 0 Å². The number of nitrogens with zero attached hydrogens (tertiary/aromatic N) is 1. The van der Waals surface area contributed by atoms with Gasteiger partial charge in [0.05, 0.1) is 0 Å². The van der Waals surface area contributed by atoms with Gasteiger partial charge >= 0.3 is 0 Å². The van der Waals surface area contributed by atoms with Gasteiger partial charge in [0.1, 0.15) is 0 Å². The van der Waals surface area contributed by atoms with Crippen LogP contribution in [0.2, 0.25) is 0 Å². The van der Waals surface area contributed by atoms with Crippen LogP contribution >= 0.6 is 0 Å². The standard InChI is InChI=1S/C8H15N/c1-7(2)5-8(3)6-9-4/h8H,1,4-6H2,2-3H3. The summed E-state index contributed by atoms with van der Waals surface area (Å²) < 4.78 is 0. The molecule has 0 aliphatic heterocycles. The zero-order chi connectivity index (χ0) is 7.28. The molecule has 0 N–H and O–H groups in total. The fourth-order valence-electron chi connectivity index (χ4n) is 0.880. The van der Waals surface area contributed by atoms with Crippen molar-refractivity contribution < 1.29 is 0 Å². The Kier molecular flexibility index (Phi) is 4.02. The smallest absolute Gasteiger partial charge is 0.0410 e. The molecule has 52 valence electrons. The second-order valence-electron chi connectivity index (χ2n) is 2.67. The Morgan fingerprint density at radius 2 is 2.22 bits per heavy atom. The molecule has 1 heteroatoms. The Morgan fingerprint density at radius 1 is 1.67 bits per heavy atom. The van der Waals surface area contributed by atoms with Crippen molar-refractivity contribution in [3.8, 4) is 0 Å². The van der Waals surface area contributed by atoms with Gasteiger partial charge in [-0.25, -0.2) is 0 Å². The minimum atomic E-state index is 0.611. The fraction of sp³-hybridized carbons (Fsp3) is 0.625. The third-order valence-corrected chi connectivity index (χ3v) is 1.14. The van der Waals surface area contributed by atoms with E-state index in [0.29, 0.717) is 5.92 Å². The highest BCUT2D eigenvalue weighted by atomic mass is 14.7. The molecule has 9 heavy (non-hydrogen) atoms. The number of hydrogen-bond donors (Lipinski definition) is 0. The Bertz CT molecular complexity index is 105. The summed E-state index contributed by atoms with van der Waals surface area (Å²) in [4.78, 5) is 3.80. The summed E-state index contributed by atoms with van der Waals surface area (Å²) in [5.74, 6) is 0.611. The first-order chi connectivity index (χ1) is 4.16. The number of hydrogen-bond acceptors (Lipinski definition) is 1. The third kappa shape index (κ3) is 5.28. The van der Waals surface area contributed by atoms with Gasteiger partial charge in [0.25, 0.3) is 0 Å². The SMILES string of the molecule is C=NCC(C)CC(=C)C. The first-order valence-corrected chi connectivity index (χ1v) is 3.23. The summed E-state index contributed by atoms with van der Waals surface area (Å²) in [6, 6.07) is 0. The minimum Gasteiger partial charge on any atom is -0.301 e. The molecule has 0 aromatic carbocycles. The highest BCUT2D eigenvalue weighted by molar-refractivity contribution is 5.23. The van der Waals surface area contributed by atoms with Gasteiger partial charge in [-0.3, -0.25) is 0 Å². The van der Waals surface area contributed by atoms with Gasteiger partial charge in [-0.1, -0.05) is 12.5 Å². The highest BCUT2D eigenvalue weighted by Gasteiger charge is 1.98. The monoisotopic (exact) mass is 125 g/mol. The maximum Gasteiger partial charge on any atom is 0.0410 e. The maximum atomic E-state index is 3.82. The summed E-state index contributed by atoms with van der Waals surface area (Å²) in [5, 5.41) is 0. The summed E-state index contributed by atoms with van der Waals surface area (Å²) in [7, 11) is 0. The van der Waals surface area contributed by atoms with Crippen LogP contribution in [0, 0.1) is 5.92 Å². The van der Waals surface area contributed by atoms with Crippen molar-refractivity contribution in [1.82, 2.24) is 0 Å². The van der Waals surface area contributed by atoms with Crippen molar-refractivity contribution in [2.75, 3.05) is 6.54 Å². The lowest BCUT2D eigenvalue weighted by molar-refractivity contribution is 0.593. The Hall–Kier alpha value is -0.590. The molecule has 0 bridgehead atoms. The van der Waals surface area contributed by atoms with E-state index < -0.39 is 0 Å². The molecule has 0 aliphatic carbocycles. The Balaban J connectivity index is 3.37. The van der Waals surface area contributed by atoms with E-state index in [1.54, 1.807) is 0 Å². The molecule has 0 aromatic rings. The van der Waals surface area contributed by atoms with Gasteiger partial charge in [-0.05, 0) is 26.0 Å². The van der Waals surface area contributed by atoms with E-state index in [4.69, 9.17) is 0 Å². The van der Waals surface area contributed by atoms with Crippen LogP contribution in [0.15, 0.2) is 17.1 Å². The molecule has 1 unspecified atom stereocenters. The van der Waals surface area contributed by atoms with Gasteiger partial charge in [0.2, 0.25) is 0 Å². The van der Waals surface area contributed by atoms with Crippen LogP contribution in [0.1, 0.15) is 20.3 Å². The van der Waals surface area contributed by atoms with E-state index in [1.807, 2.05) is 6.92 Å². The lowest BCUT2D eigenvalue weighted by atomic mass is 10.0. The van der Waals surface area contributed by atoms with Crippen molar-refractivity contribution in [1.29, 1.82) is 0 Å². The molecule has 0 saturated heterocycles. The van der Waals surface area contributed by atoms with Crippen molar-refractivity contribution in [3.05, 3.63) is 12.2 Å². The molecule has 0 amide bonds. The summed E-state index contributed by atoms with van der Waals surface area (Å²) in [6.45, 7) is 12.3. The van der Waals surface area contributed by atoms with Crippen molar-refractivity contribution in [3.63, 3.8) is 0 Å². The molecule has 1 atom stereocenters. The van der Waals surface area contributed by atoms with E-state index in [1.165, 1.54) is 5.57 Å². The lowest BCUT2D eigenvalue weighted by Crippen LogP contribution is -1.98. The van der Waals surface area contributed by atoms with Gasteiger partial charge < -0.3 is 4.99 Å². The molecule has 0 saturated carbocycles. The molecule has 0 rings (SSSR count). The van der Waals surface area contributed by atoms with E-state index in [0.717, 1.165) is 13.0 Å². The van der Waals surface area contributed by atoms with Gasteiger partial charge in [-0.2, -0.15) is 0 Å². The van der Waals surface area contributed by atoms with Crippen LogP contribution in [0.5, 0.6) is 0 Å². The summed E-state index contributed by atoms with van der Waals surface area (Å²) in [6.07, 6.45) is 1.07. The zero-order valence-corrected chi connectivity index (χ0v) is 6.35. The van der Waals surface area contributed by atoms with Crippen LogP contribution in [0.25, 0.3) is 0 Å². The zero-order valence-electron chi connectivity index (χ0n) is 6.35. The molecule has 0 spiro atoms. The van der Waals surface area contributed by atoms with E-state index >= 15 is 0 Å². The fourth-order valence-corrected chi connectivity index (χ4v) is 0.880. The largest absolute Gasteiger partial charge is 0.301 e. The predicted octanol–water partition coefficient (Wildman–Crippen LogP) is 2.29. The predicted molar refractivity (Wildman–Crippen MR) is 43.0 cm³/mol. The average Bonchev–Trinajstić information content (AvgIpc) is 1.63. The van der Waals surface area contributed by atoms with Crippen LogP contribution in [-0.4, -0.2) is 13.3 Å². The molecule has 0 fully saturated rings. The molecular formula is C8H15N. The van der Waals surface area contributed by atoms with Crippen molar-refractivity contribution >= 4 is 6.72 Å². The third-order valence-electron chi connectivity index (χ3n) is 1.14. The van der Waals surface area contributed by atoms with Gasteiger partial charge in [-0.15, -0.1) is 6.58 Å². The summed E-state index contributed by atoms with van der Waals surface area (Å²) >= 11 is 0. The second kappa shape index (κ2) is 4.30. The topological polar surface area (TPSA) is 12.4 Å². The minimum absolute atomic E-state index is 0.611. The number of rotatable bonds is 4. The van der Waals surface area contributed by atoms with Crippen molar-refractivity contribution in [2.24, 2.45) is 10.9 Å². The highest BCUT2D eigenvalue weighted by Crippen LogP contribution is 2.08. The molecule has 0 heterocycles. The Morgan fingerprint density at radius 3 is 2.56 bits per heavy atom. The number of allylic oxidation sites excluding steroid dienone is 1. The molecule has 0 aromatic heterocycles. The number of aliphatic imine (C=N–C) groups is 1. The molecular weight excluding hydrogens is 110 g/mol. The van der Waals surface area contributed by atoms with Crippen LogP contribution in [0.3, 0.4) is 0 Å². The first kappa shape index (κ1) is 8.41. The van der Waals surface area contributed by atoms with Crippen molar-refractivity contribution in [2.45, 2.75) is 20.3 Å². The second-order valence-corrected chi connectivity index (χ2v) is 2.67. The van der Waals surface area contributed by atoms with Gasteiger partial charge in [0.15, 0.2) is 0 Å². The molecule has 1 nitrogen and oxygen atoms in total. The van der Waals surface area contributed by atoms with Crippen LogP contribution in [-0.2, 0) is 0 Å². The normalized spacial score (nSPS) is 12.7. The molecule has 0 radical (unpaired) electrons. The average molecular weight is 125 g/mol. The van der Waals surface area contributed by atoms with Crippen LogP contribution < -0.4 is 0 Å². The molecule has 0 aliphatic rings. The van der Waals surface area contributed by atoms with Gasteiger partial charge in [0, 0.05) is 6.54 Å². The van der Waals surface area contributed by atoms with E-state index in [9.17, 15) is 0 Å². The summed E-state index contributed by atoms with van der Waals surface area (Å²) in [5.41, 5.74) is 1.23.